The Morgan fingerprint density at radius 3 is 2.72 bits per heavy atom. The van der Waals surface area contributed by atoms with Crippen molar-refractivity contribution in [2.75, 3.05) is 7.11 Å². The van der Waals surface area contributed by atoms with E-state index in [4.69, 9.17) is 16.3 Å². The first-order valence-electron chi connectivity index (χ1n) is 7.95. The van der Waals surface area contributed by atoms with Crippen LogP contribution in [-0.4, -0.2) is 24.1 Å². The molecule has 2 aromatic carbocycles. The van der Waals surface area contributed by atoms with Gasteiger partial charge in [0, 0.05) is 0 Å². The molecular weight excluding hydrogens is 342 g/mol. The number of halogens is 1. The van der Waals surface area contributed by atoms with Crippen LogP contribution in [0.25, 0.3) is 0 Å². The van der Waals surface area contributed by atoms with Crippen molar-refractivity contribution in [1.82, 2.24) is 5.32 Å². The smallest absolute Gasteiger partial charge is 0.330 e. The SMILES string of the molecule is COc1ccc(C(NC(=O)C2CCc3ccccc32)C(=O)O)cc1Cl. The molecule has 2 N–H and O–H groups in total. The van der Waals surface area contributed by atoms with Crippen LogP contribution in [0.1, 0.15) is 35.1 Å². The fourth-order valence-electron chi connectivity index (χ4n) is 3.22. The summed E-state index contributed by atoms with van der Waals surface area (Å²) in [6.45, 7) is 0. The number of methoxy groups -OCH3 is 1. The molecule has 0 heterocycles. The summed E-state index contributed by atoms with van der Waals surface area (Å²) in [4.78, 5) is 24.3. The number of hydrogen-bond acceptors (Lipinski definition) is 3. The van der Waals surface area contributed by atoms with Crippen molar-refractivity contribution in [1.29, 1.82) is 0 Å². The second-order valence-corrected chi connectivity index (χ2v) is 6.37. The molecule has 25 heavy (non-hydrogen) atoms. The molecule has 0 saturated carbocycles. The van der Waals surface area contributed by atoms with E-state index in [-0.39, 0.29) is 11.8 Å². The minimum absolute atomic E-state index is 0.288. The predicted molar refractivity (Wildman–Crippen MR) is 94.0 cm³/mol. The van der Waals surface area contributed by atoms with Gasteiger partial charge < -0.3 is 15.2 Å². The van der Waals surface area contributed by atoms with E-state index in [2.05, 4.69) is 5.32 Å². The van der Waals surface area contributed by atoms with Crippen molar-refractivity contribution in [3.63, 3.8) is 0 Å². The maximum atomic E-state index is 12.7. The molecule has 0 spiro atoms. The lowest BCUT2D eigenvalue weighted by Gasteiger charge is -2.19. The standard InChI is InChI=1S/C19H18ClNO4/c1-25-16-9-7-12(10-15(16)20)17(19(23)24)21-18(22)14-8-6-11-4-2-3-5-13(11)14/h2-5,7,9-10,14,17H,6,8H2,1H3,(H,21,22)(H,23,24). The van der Waals surface area contributed by atoms with Gasteiger partial charge in [0.2, 0.25) is 5.91 Å². The molecule has 2 aromatic rings. The topological polar surface area (TPSA) is 75.6 Å². The molecule has 0 radical (unpaired) electrons. The minimum Gasteiger partial charge on any atom is -0.495 e. The molecule has 3 rings (SSSR count). The maximum absolute atomic E-state index is 12.7. The average Bonchev–Trinajstić information content (AvgIpc) is 3.03. The molecule has 0 aliphatic heterocycles. The highest BCUT2D eigenvalue weighted by Gasteiger charge is 2.31. The second kappa shape index (κ2) is 7.15. The van der Waals surface area contributed by atoms with Crippen LogP contribution in [0.3, 0.4) is 0 Å². The monoisotopic (exact) mass is 359 g/mol. The first-order valence-corrected chi connectivity index (χ1v) is 8.33. The van der Waals surface area contributed by atoms with Gasteiger partial charge in [-0.15, -0.1) is 0 Å². The molecule has 0 fully saturated rings. The molecule has 130 valence electrons. The summed E-state index contributed by atoms with van der Waals surface area (Å²) in [5.41, 5.74) is 2.51. The second-order valence-electron chi connectivity index (χ2n) is 5.96. The third-order valence-electron chi connectivity index (χ3n) is 4.49. The highest BCUT2D eigenvalue weighted by Crippen LogP contribution is 2.34. The number of rotatable bonds is 5. The molecule has 1 aliphatic rings. The lowest BCUT2D eigenvalue weighted by molar-refractivity contribution is -0.142. The summed E-state index contributed by atoms with van der Waals surface area (Å²) in [6, 6.07) is 11.3. The van der Waals surface area contributed by atoms with Gasteiger partial charge in [0.25, 0.3) is 0 Å². The third kappa shape index (κ3) is 3.46. The van der Waals surface area contributed by atoms with E-state index in [0.717, 1.165) is 17.5 Å². The molecule has 6 heteroatoms. The Labute approximate surface area is 150 Å². The Balaban J connectivity index is 1.82. The van der Waals surface area contributed by atoms with Crippen molar-refractivity contribution in [2.45, 2.75) is 24.8 Å². The van der Waals surface area contributed by atoms with Crippen molar-refractivity contribution in [3.8, 4) is 5.75 Å². The summed E-state index contributed by atoms with van der Waals surface area (Å²) in [5.74, 6) is -1.30. The highest BCUT2D eigenvalue weighted by atomic mass is 35.5. The Bertz CT molecular complexity index is 821. The molecule has 2 atom stereocenters. The van der Waals surface area contributed by atoms with E-state index < -0.39 is 12.0 Å². The number of carbonyl (C=O) groups is 2. The first kappa shape index (κ1) is 17.3. The van der Waals surface area contributed by atoms with E-state index in [0.29, 0.717) is 22.8 Å². The Morgan fingerprint density at radius 2 is 2.04 bits per heavy atom. The number of hydrogen-bond donors (Lipinski definition) is 2. The van der Waals surface area contributed by atoms with Gasteiger partial charge in [-0.25, -0.2) is 4.79 Å². The van der Waals surface area contributed by atoms with Crippen molar-refractivity contribution < 1.29 is 19.4 Å². The average molecular weight is 360 g/mol. The van der Waals surface area contributed by atoms with Gasteiger partial charge in [0.15, 0.2) is 6.04 Å². The summed E-state index contributed by atoms with van der Waals surface area (Å²) >= 11 is 6.08. The molecule has 0 saturated heterocycles. The van der Waals surface area contributed by atoms with E-state index in [9.17, 15) is 14.7 Å². The van der Waals surface area contributed by atoms with Crippen LogP contribution < -0.4 is 10.1 Å². The van der Waals surface area contributed by atoms with E-state index in [1.165, 1.54) is 13.2 Å². The minimum atomic E-state index is -1.16. The van der Waals surface area contributed by atoms with Crippen molar-refractivity contribution in [2.24, 2.45) is 0 Å². The van der Waals surface area contributed by atoms with E-state index >= 15 is 0 Å². The zero-order valence-corrected chi connectivity index (χ0v) is 14.4. The normalized spacial score (nSPS) is 16.8. The maximum Gasteiger partial charge on any atom is 0.330 e. The summed E-state index contributed by atoms with van der Waals surface area (Å²) in [7, 11) is 1.48. The number of amides is 1. The third-order valence-corrected chi connectivity index (χ3v) is 4.79. The number of aliphatic carboxylic acids is 1. The number of carboxylic acid groups (broad SMARTS) is 1. The van der Waals surface area contributed by atoms with Crippen molar-refractivity contribution >= 4 is 23.5 Å². The lowest BCUT2D eigenvalue weighted by atomic mass is 9.99. The number of nitrogens with one attached hydrogen (secondary N) is 1. The Kier molecular flexibility index (Phi) is 4.95. The molecule has 1 amide bonds. The van der Waals surface area contributed by atoms with Crippen LogP contribution >= 0.6 is 11.6 Å². The van der Waals surface area contributed by atoms with Gasteiger partial charge in [-0.3, -0.25) is 4.79 Å². The summed E-state index contributed by atoms with van der Waals surface area (Å²) in [6.07, 6.45) is 1.50. The largest absolute Gasteiger partial charge is 0.495 e. The van der Waals surface area contributed by atoms with E-state index in [1.807, 2.05) is 24.3 Å². The quantitative estimate of drug-likeness (QED) is 0.858. The van der Waals surface area contributed by atoms with Gasteiger partial charge in [0.05, 0.1) is 18.1 Å². The zero-order chi connectivity index (χ0) is 18.0. The van der Waals surface area contributed by atoms with Gasteiger partial charge in [-0.1, -0.05) is 41.9 Å². The van der Waals surface area contributed by atoms with E-state index in [1.54, 1.807) is 12.1 Å². The van der Waals surface area contributed by atoms with Crippen LogP contribution in [0.4, 0.5) is 0 Å². The number of carbonyl (C=O) groups excluding carboxylic acids is 1. The Morgan fingerprint density at radius 1 is 1.28 bits per heavy atom. The highest BCUT2D eigenvalue weighted by molar-refractivity contribution is 6.32. The number of benzene rings is 2. The van der Waals surface area contributed by atoms with Crippen LogP contribution in [0.15, 0.2) is 42.5 Å². The summed E-state index contributed by atoms with van der Waals surface area (Å²) in [5, 5.41) is 12.5. The van der Waals surface area contributed by atoms with Crippen LogP contribution in [0, 0.1) is 0 Å². The molecule has 5 nitrogen and oxygen atoms in total. The molecule has 0 aromatic heterocycles. The first-order chi connectivity index (χ1) is 12.0. The fourth-order valence-corrected chi connectivity index (χ4v) is 3.49. The van der Waals surface area contributed by atoms with Gasteiger partial charge in [-0.05, 0) is 41.7 Å². The Hall–Kier alpha value is -2.53. The number of ether oxygens (including phenoxy) is 1. The predicted octanol–water partition coefficient (Wildman–Crippen LogP) is 3.32. The molecule has 2 unspecified atom stereocenters. The van der Waals surface area contributed by atoms with Gasteiger partial charge >= 0.3 is 5.97 Å². The molecular formula is C19H18ClNO4. The summed E-state index contributed by atoms with van der Waals surface area (Å²) < 4.78 is 5.07. The van der Waals surface area contributed by atoms with Crippen molar-refractivity contribution in [3.05, 3.63) is 64.2 Å². The molecule has 0 bridgehead atoms. The lowest BCUT2D eigenvalue weighted by Crippen LogP contribution is -2.36. The number of carboxylic acids is 1. The van der Waals surface area contributed by atoms with Crippen LogP contribution in [0.2, 0.25) is 5.02 Å². The fraction of sp³-hybridized carbons (Fsp3) is 0.263. The van der Waals surface area contributed by atoms with Crippen LogP contribution in [0.5, 0.6) is 5.75 Å². The number of fused-ring (bicyclic) bond motifs is 1. The number of aryl methyl sites for hydroxylation is 1. The van der Waals surface area contributed by atoms with Gasteiger partial charge in [-0.2, -0.15) is 0 Å². The van der Waals surface area contributed by atoms with Gasteiger partial charge in [0.1, 0.15) is 5.75 Å². The zero-order valence-electron chi connectivity index (χ0n) is 13.7. The molecule has 1 aliphatic carbocycles. The van der Waals surface area contributed by atoms with Crippen LogP contribution in [-0.2, 0) is 16.0 Å².